The van der Waals surface area contributed by atoms with Crippen LogP contribution in [0.2, 0.25) is 0 Å². The molecule has 1 aromatic carbocycles. The van der Waals surface area contributed by atoms with Crippen LogP contribution in [0.5, 0.6) is 0 Å². The number of fused-ring (bicyclic) bond motifs is 1. The number of rotatable bonds is 7. The summed E-state index contributed by atoms with van der Waals surface area (Å²) in [5.74, 6) is -0.119. The summed E-state index contributed by atoms with van der Waals surface area (Å²) in [5.41, 5.74) is 0.513. The number of hydrogen-bond acceptors (Lipinski definition) is 4. The highest BCUT2D eigenvalue weighted by molar-refractivity contribution is 7.88. The predicted octanol–water partition coefficient (Wildman–Crippen LogP) is 3.07. The number of alkyl halides is 3. The molecule has 0 spiro atoms. The molecule has 1 fully saturated rings. The van der Waals surface area contributed by atoms with Crippen LogP contribution < -0.4 is 9.44 Å². The van der Waals surface area contributed by atoms with Crippen molar-refractivity contribution in [2.45, 2.75) is 25.9 Å². The van der Waals surface area contributed by atoms with Crippen LogP contribution in [0.25, 0.3) is 22.8 Å². The summed E-state index contributed by atoms with van der Waals surface area (Å²) in [4.78, 5) is 12.2. The van der Waals surface area contributed by atoms with Crippen molar-refractivity contribution in [2.24, 2.45) is 13.0 Å². The summed E-state index contributed by atoms with van der Waals surface area (Å²) in [6.45, 7) is 1.96. The van der Waals surface area contributed by atoms with Gasteiger partial charge in [0.15, 0.2) is 0 Å². The first kappa shape index (κ1) is 23.1. The maximum absolute atomic E-state index is 13.2. The van der Waals surface area contributed by atoms with E-state index in [2.05, 4.69) is 9.82 Å². The van der Waals surface area contributed by atoms with Gasteiger partial charge in [0.1, 0.15) is 5.82 Å². The van der Waals surface area contributed by atoms with Gasteiger partial charge >= 0.3 is 16.4 Å². The maximum atomic E-state index is 13.2. The summed E-state index contributed by atoms with van der Waals surface area (Å²) < 4.78 is 70.9. The molecule has 3 aromatic rings. The van der Waals surface area contributed by atoms with Crippen LogP contribution in [-0.2, 0) is 28.2 Å². The van der Waals surface area contributed by atoms with Gasteiger partial charge in [-0.15, -0.1) is 0 Å². The number of carbonyl (C=O) groups is 1. The second kappa shape index (κ2) is 8.34. The smallest absolute Gasteiger partial charge is 0.301 e. The average Bonchev–Trinajstić information content (AvgIpc) is 3.39. The topological polar surface area (TPSA) is 98.0 Å². The van der Waals surface area contributed by atoms with E-state index >= 15 is 0 Å². The van der Waals surface area contributed by atoms with Gasteiger partial charge < -0.3 is 4.57 Å². The van der Waals surface area contributed by atoms with Crippen LogP contribution in [0.4, 0.5) is 13.2 Å². The second-order valence-corrected chi connectivity index (χ2v) is 9.50. The van der Waals surface area contributed by atoms with Gasteiger partial charge in [-0.3, -0.25) is 9.48 Å². The van der Waals surface area contributed by atoms with Crippen LogP contribution in [0.1, 0.15) is 29.7 Å². The third-order valence-corrected chi connectivity index (χ3v) is 6.40. The van der Waals surface area contributed by atoms with Gasteiger partial charge in [0, 0.05) is 36.8 Å². The van der Waals surface area contributed by atoms with Crippen molar-refractivity contribution in [1.29, 1.82) is 0 Å². The zero-order valence-corrected chi connectivity index (χ0v) is 18.7. The van der Waals surface area contributed by atoms with E-state index in [1.54, 1.807) is 30.8 Å². The standard InChI is InChI=1S/C21H22F3N5O3S/c1-13-17(7-8-19(30)27-33(31,32)25-12-14-3-4-14)20(28(2)26-13)29-10-9-15-5-6-16(11-18(15)29)21(22,23)24/h5-11,14,25H,3-4,12H2,1-2H3,(H,27,30). The Morgan fingerprint density at radius 1 is 1.27 bits per heavy atom. The molecule has 1 aliphatic rings. The fraction of sp³-hybridized carbons (Fsp3) is 0.333. The van der Waals surface area contributed by atoms with Crippen LogP contribution >= 0.6 is 0 Å². The number of hydrogen-bond donors (Lipinski definition) is 2. The zero-order chi connectivity index (χ0) is 24.0. The molecule has 1 saturated carbocycles. The molecule has 33 heavy (non-hydrogen) atoms. The molecule has 0 aliphatic heterocycles. The molecule has 12 heteroatoms. The fourth-order valence-electron chi connectivity index (χ4n) is 3.54. The average molecular weight is 482 g/mol. The number of aryl methyl sites for hydroxylation is 2. The van der Waals surface area contributed by atoms with Gasteiger partial charge in [-0.05, 0) is 50.0 Å². The van der Waals surface area contributed by atoms with Gasteiger partial charge in [0.2, 0.25) is 0 Å². The lowest BCUT2D eigenvalue weighted by Crippen LogP contribution is -2.40. The van der Waals surface area contributed by atoms with Crippen molar-refractivity contribution < 1.29 is 26.4 Å². The maximum Gasteiger partial charge on any atom is 0.416 e. The lowest BCUT2D eigenvalue weighted by Gasteiger charge is -2.11. The number of carbonyl (C=O) groups excluding carboxylic acids is 1. The number of halogens is 3. The van der Waals surface area contributed by atoms with Crippen molar-refractivity contribution in [3.05, 3.63) is 53.4 Å². The van der Waals surface area contributed by atoms with Crippen molar-refractivity contribution in [3.8, 4) is 5.82 Å². The second-order valence-electron chi connectivity index (χ2n) is 8.00. The monoisotopic (exact) mass is 481 g/mol. The number of nitrogens with zero attached hydrogens (tertiary/aromatic N) is 3. The van der Waals surface area contributed by atoms with Crippen LogP contribution in [-0.4, -0.2) is 35.2 Å². The van der Waals surface area contributed by atoms with Crippen LogP contribution in [0, 0.1) is 12.8 Å². The lowest BCUT2D eigenvalue weighted by atomic mass is 10.1. The minimum absolute atomic E-state index is 0.277. The first-order chi connectivity index (χ1) is 15.4. The third kappa shape index (κ3) is 5.11. The molecular weight excluding hydrogens is 459 g/mol. The molecule has 8 nitrogen and oxygen atoms in total. The van der Waals surface area contributed by atoms with E-state index in [-0.39, 0.29) is 6.54 Å². The molecule has 0 unspecified atom stereocenters. The largest absolute Gasteiger partial charge is 0.416 e. The Balaban J connectivity index is 1.64. The first-order valence-corrected chi connectivity index (χ1v) is 11.6. The molecule has 1 aliphatic carbocycles. The molecule has 0 bridgehead atoms. The molecule has 4 rings (SSSR count). The normalized spacial score (nSPS) is 14.9. The van der Waals surface area contributed by atoms with Crippen LogP contribution in [0.3, 0.4) is 0 Å². The van der Waals surface area contributed by atoms with E-state index in [0.717, 1.165) is 31.1 Å². The number of amides is 1. The highest BCUT2D eigenvalue weighted by Gasteiger charge is 2.31. The quantitative estimate of drug-likeness (QED) is 0.507. The fourth-order valence-corrected chi connectivity index (χ4v) is 4.40. The Bertz CT molecular complexity index is 1350. The first-order valence-electron chi connectivity index (χ1n) is 10.2. The van der Waals surface area contributed by atoms with E-state index in [0.29, 0.717) is 33.9 Å². The third-order valence-electron chi connectivity index (χ3n) is 5.38. The number of benzene rings is 1. The molecule has 0 atom stereocenters. The molecule has 1 amide bonds. The van der Waals surface area contributed by atoms with E-state index in [9.17, 15) is 26.4 Å². The molecule has 176 valence electrons. The van der Waals surface area contributed by atoms with Crippen molar-refractivity contribution in [1.82, 2.24) is 23.8 Å². The minimum Gasteiger partial charge on any atom is -0.301 e. The van der Waals surface area contributed by atoms with Crippen LogP contribution in [0.15, 0.2) is 36.5 Å². The Kier molecular flexibility index (Phi) is 5.83. The van der Waals surface area contributed by atoms with E-state index in [1.807, 2.05) is 4.72 Å². The van der Waals surface area contributed by atoms with Gasteiger partial charge in [-0.1, -0.05) is 6.07 Å². The summed E-state index contributed by atoms with van der Waals surface area (Å²) >= 11 is 0. The van der Waals surface area contributed by atoms with Crippen molar-refractivity contribution in [3.63, 3.8) is 0 Å². The Morgan fingerprint density at radius 2 is 2.00 bits per heavy atom. The molecule has 2 heterocycles. The molecule has 0 saturated heterocycles. The predicted molar refractivity (Wildman–Crippen MR) is 117 cm³/mol. The van der Waals surface area contributed by atoms with Gasteiger partial charge in [0.05, 0.1) is 16.8 Å². The Morgan fingerprint density at radius 3 is 2.67 bits per heavy atom. The molecule has 2 aromatic heterocycles. The number of nitrogens with one attached hydrogen (secondary N) is 2. The molecular formula is C21H22F3N5O3S. The summed E-state index contributed by atoms with van der Waals surface area (Å²) in [5, 5.41) is 4.91. The Labute approximate surface area is 188 Å². The van der Waals surface area contributed by atoms with E-state index < -0.39 is 27.9 Å². The van der Waals surface area contributed by atoms with Gasteiger partial charge in [-0.25, -0.2) is 4.72 Å². The van der Waals surface area contributed by atoms with E-state index in [1.165, 1.54) is 16.8 Å². The minimum atomic E-state index is -4.49. The van der Waals surface area contributed by atoms with Gasteiger partial charge in [0.25, 0.3) is 5.91 Å². The highest BCUT2D eigenvalue weighted by Crippen LogP contribution is 2.33. The summed E-state index contributed by atoms with van der Waals surface area (Å²) in [7, 11) is -2.35. The molecule has 2 N–H and O–H groups in total. The molecule has 0 radical (unpaired) electrons. The summed E-state index contributed by atoms with van der Waals surface area (Å²) in [6, 6.07) is 5.14. The van der Waals surface area contributed by atoms with E-state index in [4.69, 9.17) is 0 Å². The SMILES string of the molecule is Cc1nn(C)c(-n2ccc3ccc(C(F)(F)F)cc32)c1C=CC(=O)NS(=O)(=O)NCC1CC1. The zero-order valence-electron chi connectivity index (χ0n) is 17.8. The lowest BCUT2D eigenvalue weighted by molar-refractivity contribution is -0.137. The van der Waals surface area contributed by atoms with Crippen molar-refractivity contribution in [2.75, 3.05) is 6.54 Å². The van der Waals surface area contributed by atoms with Gasteiger partial charge in [-0.2, -0.15) is 31.4 Å². The van der Waals surface area contributed by atoms with Crippen molar-refractivity contribution >= 4 is 33.1 Å². The number of aromatic nitrogens is 3. The highest BCUT2D eigenvalue weighted by atomic mass is 32.2. The summed E-state index contributed by atoms with van der Waals surface area (Å²) in [6.07, 6.45) is 1.48. The Hall–Kier alpha value is -3.12.